The minimum Gasteiger partial charge on any atom is -0.385 e. The first-order chi connectivity index (χ1) is 10.1. The summed E-state index contributed by atoms with van der Waals surface area (Å²) in [5.74, 6) is 0.120. The van der Waals surface area contributed by atoms with Gasteiger partial charge in [0.05, 0.1) is 0 Å². The van der Waals surface area contributed by atoms with Crippen molar-refractivity contribution < 1.29 is 14.3 Å². The highest BCUT2D eigenvalue weighted by molar-refractivity contribution is 5.94. The van der Waals surface area contributed by atoms with Crippen LogP contribution in [0.15, 0.2) is 24.3 Å². The van der Waals surface area contributed by atoms with Gasteiger partial charge >= 0.3 is 0 Å². The van der Waals surface area contributed by atoms with E-state index in [1.165, 1.54) is 0 Å². The monoisotopic (exact) mass is 290 g/mol. The molecule has 1 N–H and O–H groups in total. The number of nitrogens with zero attached hydrogens (tertiary/aromatic N) is 1. The molecule has 114 valence electrons. The van der Waals surface area contributed by atoms with Gasteiger partial charge < -0.3 is 15.0 Å². The molecule has 2 rings (SSSR count). The van der Waals surface area contributed by atoms with Crippen molar-refractivity contribution in [2.45, 2.75) is 25.7 Å². The van der Waals surface area contributed by atoms with Gasteiger partial charge in [0.15, 0.2) is 0 Å². The van der Waals surface area contributed by atoms with E-state index in [2.05, 4.69) is 5.32 Å². The summed E-state index contributed by atoms with van der Waals surface area (Å²) in [5, 5.41) is 2.90. The number of benzene rings is 1. The molecular formula is C16H22N2O3. The summed E-state index contributed by atoms with van der Waals surface area (Å²) in [5.41, 5.74) is 2.02. The van der Waals surface area contributed by atoms with E-state index in [1.54, 1.807) is 18.9 Å². The summed E-state index contributed by atoms with van der Waals surface area (Å²) >= 11 is 0. The Balaban J connectivity index is 1.95. The third kappa shape index (κ3) is 3.82. The molecule has 5 nitrogen and oxygen atoms in total. The molecule has 0 radical (unpaired) electrons. The standard InChI is InChI=1S/C16H22N2O3/c1-12(19)18-11-13(14-6-3-4-7-15(14)18)10-16(20)17-8-5-9-21-2/h3-4,6-7,13H,5,8-11H2,1-2H3,(H,17,20). The summed E-state index contributed by atoms with van der Waals surface area (Å²) < 4.78 is 4.95. The molecule has 1 aromatic carbocycles. The number of para-hydroxylation sites is 1. The SMILES string of the molecule is COCCCNC(=O)CC1CN(C(C)=O)c2ccccc21. The lowest BCUT2D eigenvalue weighted by atomic mass is 9.97. The highest BCUT2D eigenvalue weighted by Gasteiger charge is 2.31. The fourth-order valence-corrected chi connectivity index (χ4v) is 2.71. The molecule has 0 saturated heterocycles. The van der Waals surface area contributed by atoms with Gasteiger partial charge in [-0.2, -0.15) is 0 Å². The summed E-state index contributed by atoms with van der Waals surface area (Å²) in [6.45, 7) is 3.41. The molecule has 1 aromatic rings. The first-order valence-corrected chi connectivity index (χ1v) is 7.26. The molecular weight excluding hydrogens is 268 g/mol. The Kier molecular flexibility index (Phi) is 5.33. The summed E-state index contributed by atoms with van der Waals surface area (Å²) in [6.07, 6.45) is 1.22. The van der Waals surface area contributed by atoms with E-state index in [1.807, 2.05) is 24.3 Å². The molecule has 0 bridgehead atoms. The number of carbonyl (C=O) groups excluding carboxylic acids is 2. The number of fused-ring (bicyclic) bond motifs is 1. The zero-order valence-corrected chi connectivity index (χ0v) is 12.6. The van der Waals surface area contributed by atoms with E-state index in [0.717, 1.165) is 17.7 Å². The Labute approximate surface area is 125 Å². The van der Waals surface area contributed by atoms with Crippen LogP contribution in [0, 0.1) is 0 Å². The molecule has 0 fully saturated rings. The predicted molar refractivity (Wildman–Crippen MR) is 81.3 cm³/mol. The summed E-state index contributed by atoms with van der Waals surface area (Å²) in [4.78, 5) is 25.4. The van der Waals surface area contributed by atoms with E-state index < -0.39 is 0 Å². The van der Waals surface area contributed by atoms with E-state index >= 15 is 0 Å². The maximum atomic E-state index is 12.0. The van der Waals surface area contributed by atoms with Crippen LogP contribution in [0.25, 0.3) is 0 Å². The van der Waals surface area contributed by atoms with Crippen LogP contribution in [0.5, 0.6) is 0 Å². The second-order valence-corrected chi connectivity index (χ2v) is 5.29. The highest BCUT2D eigenvalue weighted by Crippen LogP contribution is 2.37. The van der Waals surface area contributed by atoms with Gasteiger partial charge in [-0.1, -0.05) is 18.2 Å². The van der Waals surface area contributed by atoms with Crippen LogP contribution in [-0.2, 0) is 14.3 Å². The third-order valence-corrected chi connectivity index (χ3v) is 3.73. The van der Waals surface area contributed by atoms with E-state index in [4.69, 9.17) is 4.74 Å². The van der Waals surface area contributed by atoms with Crippen LogP contribution in [-0.4, -0.2) is 38.6 Å². The predicted octanol–water partition coefficient (Wildman–Crippen LogP) is 1.68. The molecule has 0 spiro atoms. The van der Waals surface area contributed by atoms with Crippen LogP contribution in [0.3, 0.4) is 0 Å². The zero-order valence-electron chi connectivity index (χ0n) is 12.6. The topological polar surface area (TPSA) is 58.6 Å². The Hall–Kier alpha value is -1.88. The third-order valence-electron chi connectivity index (χ3n) is 3.73. The van der Waals surface area contributed by atoms with Crippen molar-refractivity contribution in [2.24, 2.45) is 0 Å². The first-order valence-electron chi connectivity index (χ1n) is 7.26. The second kappa shape index (κ2) is 7.22. The number of hydrogen-bond acceptors (Lipinski definition) is 3. The van der Waals surface area contributed by atoms with Gasteiger partial charge in [0.1, 0.15) is 0 Å². The van der Waals surface area contributed by atoms with Gasteiger partial charge in [-0.05, 0) is 18.1 Å². The van der Waals surface area contributed by atoms with Crippen LogP contribution in [0.4, 0.5) is 5.69 Å². The molecule has 21 heavy (non-hydrogen) atoms. The average Bonchev–Trinajstić information content (AvgIpc) is 2.83. The van der Waals surface area contributed by atoms with E-state index in [9.17, 15) is 9.59 Å². The molecule has 0 aromatic heterocycles. The van der Waals surface area contributed by atoms with Crippen molar-refractivity contribution in [1.29, 1.82) is 0 Å². The van der Waals surface area contributed by atoms with Crippen LogP contribution in [0.1, 0.15) is 31.2 Å². The lowest BCUT2D eigenvalue weighted by Gasteiger charge is -2.15. The Bertz CT molecular complexity index is 516. The molecule has 5 heteroatoms. The number of anilines is 1. The molecule has 1 aliphatic heterocycles. The van der Waals surface area contributed by atoms with Gasteiger partial charge in [-0.3, -0.25) is 9.59 Å². The molecule has 0 aliphatic carbocycles. The van der Waals surface area contributed by atoms with Gasteiger partial charge in [-0.25, -0.2) is 0 Å². The van der Waals surface area contributed by atoms with Crippen LogP contribution in [0.2, 0.25) is 0 Å². The lowest BCUT2D eigenvalue weighted by Crippen LogP contribution is -2.30. The van der Waals surface area contributed by atoms with E-state index in [-0.39, 0.29) is 17.7 Å². The van der Waals surface area contributed by atoms with Gasteiger partial charge in [-0.15, -0.1) is 0 Å². The second-order valence-electron chi connectivity index (χ2n) is 5.29. The van der Waals surface area contributed by atoms with Gasteiger partial charge in [0, 0.05) is 51.8 Å². The maximum absolute atomic E-state index is 12.0. The van der Waals surface area contributed by atoms with Gasteiger partial charge in [0.2, 0.25) is 11.8 Å². The fourth-order valence-electron chi connectivity index (χ4n) is 2.71. The largest absolute Gasteiger partial charge is 0.385 e. The van der Waals surface area contributed by atoms with Crippen molar-refractivity contribution in [3.8, 4) is 0 Å². The first kappa shape index (κ1) is 15.5. The molecule has 1 aliphatic rings. The number of nitrogens with one attached hydrogen (secondary N) is 1. The Morgan fingerprint density at radius 2 is 2.14 bits per heavy atom. The smallest absolute Gasteiger partial charge is 0.223 e. The minimum atomic E-state index is 0.0189. The number of amides is 2. The van der Waals surface area contributed by atoms with Crippen molar-refractivity contribution >= 4 is 17.5 Å². The molecule has 0 saturated carbocycles. The fraction of sp³-hybridized carbons (Fsp3) is 0.500. The summed E-state index contributed by atoms with van der Waals surface area (Å²) in [6, 6.07) is 7.81. The van der Waals surface area contributed by atoms with Crippen molar-refractivity contribution in [3.05, 3.63) is 29.8 Å². The number of hydrogen-bond donors (Lipinski definition) is 1. The minimum absolute atomic E-state index is 0.0189. The normalized spacial score (nSPS) is 16.7. The van der Waals surface area contributed by atoms with Crippen molar-refractivity contribution in [1.82, 2.24) is 5.32 Å². The Morgan fingerprint density at radius 3 is 2.86 bits per heavy atom. The highest BCUT2D eigenvalue weighted by atomic mass is 16.5. The number of rotatable bonds is 6. The average molecular weight is 290 g/mol. The number of carbonyl (C=O) groups is 2. The zero-order chi connectivity index (χ0) is 15.2. The van der Waals surface area contributed by atoms with Crippen molar-refractivity contribution in [2.75, 3.05) is 31.7 Å². The quantitative estimate of drug-likeness (QED) is 0.811. The van der Waals surface area contributed by atoms with E-state index in [0.29, 0.717) is 26.1 Å². The number of ether oxygens (including phenoxy) is 1. The summed E-state index contributed by atoms with van der Waals surface area (Å²) in [7, 11) is 1.65. The molecule has 1 atom stereocenters. The number of methoxy groups -OCH3 is 1. The lowest BCUT2D eigenvalue weighted by molar-refractivity contribution is -0.121. The molecule has 1 unspecified atom stereocenters. The van der Waals surface area contributed by atoms with Crippen LogP contribution < -0.4 is 10.2 Å². The van der Waals surface area contributed by atoms with Gasteiger partial charge in [0.25, 0.3) is 0 Å². The molecule has 1 heterocycles. The Morgan fingerprint density at radius 1 is 1.38 bits per heavy atom. The maximum Gasteiger partial charge on any atom is 0.223 e. The van der Waals surface area contributed by atoms with Crippen LogP contribution >= 0.6 is 0 Å². The molecule has 2 amide bonds. The van der Waals surface area contributed by atoms with Crippen molar-refractivity contribution in [3.63, 3.8) is 0 Å².